The first-order valence-electron chi connectivity index (χ1n) is 9.21. The number of amides is 3. The molecule has 3 rings (SSSR count). The zero-order valence-electron chi connectivity index (χ0n) is 15.5. The Morgan fingerprint density at radius 2 is 1.73 bits per heavy atom. The summed E-state index contributed by atoms with van der Waals surface area (Å²) in [5.41, 5.74) is 1.13. The van der Waals surface area contributed by atoms with Gasteiger partial charge >= 0.3 is 6.03 Å². The highest BCUT2D eigenvalue weighted by molar-refractivity contribution is 6.03. The van der Waals surface area contributed by atoms with Crippen molar-refractivity contribution < 1.29 is 9.59 Å². The first-order chi connectivity index (χ1) is 12.0. The lowest BCUT2D eigenvalue weighted by atomic mass is 9.92. The van der Waals surface area contributed by atoms with Crippen molar-refractivity contribution in [3.63, 3.8) is 0 Å². The third kappa shape index (κ3) is 4.89. The molecule has 0 unspecified atom stereocenters. The van der Waals surface area contributed by atoms with E-state index < -0.39 is 0 Å². The van der Waals surface area contributed by atoms with E-state index in [1.807, 2.05) is 30.9 Å². The third-order valence-corrected chi connectivity index (χ3v) is 5.13. The molecule has 7 heteroatoms. The summed E-state index contributed by atoms with van der Waals surface area (Å²) in [4.78, 5) is 27.0. The predicted molar refractivity (Wildman–Crippen MR) is 106 cm³/mol. The molecule has 0 saturated carbocycles. The van der Waals surface area contributed by atoms with Gasteiger partial charge in [0.05, 0.1) is 11.3 Å². The summed E-state index contributed by atoms with van der Waals surface area (Å²) in [6.07, 6.45) is 2.10. The number of nitrogens with zero attached hydrogens (tertiary/aromatic N) is 1. The molecule has 6 nitrogen and oxygen atoms in total. The van der Waals surface area contributed by atoms with E-state index in [9.17, 15) is 9.59 Å². The maximum absolute atomic E-state index is 13.0. The number of carbonyl (C=O) groups is 2. The fraction of sp³-hybridized carbons (Fsp3) is 0.579. The molecule has 0 spiro atoms. The number of hydrogen-bond donors (Lipinski definition) is 3. The molecule has 1 aromatic carbocycles. The van der Waals surface area contributed by atoms with Crippen molar-refractivity contribution in [3.05, 3.63) is 29.8 Å². The number of fused-ring (bicyclic) bond motifs is 1. The number of anilines is 1. The largest absolute Gasteiger partial charge is 0.339 e. The molecule has 2 aliphatic rings. The maximum atomic E-state index is 13.0. The molecule has 2 saturated heterocycles. The van der Waals surface area contributed by atoms with Gasteiger partial charge < -0.3 is 20.9 Å². The van der Waals surface area contributed by atoms with Crippen LogP contribution >= 0.6 is 12.4 Å². The number of carbonyl (C=O) groups excluding carboxylic acids is 2. The van der Waals surface area contributed by atoms with Crippen LogP contribution < -0.4 is 16.0 Å². The second-order valence-corrected chi connectivity index (χ2v) is 7.35. The number of nitrogens with one attached hydrogen (secondary N) is 3. The van der Waals surface area contributed by atoms with E-state index in [1.54, 1.807) is 12.1 Å². The summed E-state index contributed by atoms with van der Waals surface area (Å²) < 4.78 is 0. The Morgan fingerprint density at radius 1 is 1.12 bits per heavy atom. The average molecular weight is 381 g/mol. The maximum Gasteiger partial charge on any atom is 0.319 e. The van der Waals surface area contributed by atoms with Crippen LogP contribution in [0.3, 0.4) is 0 Å². The highest BCUT2D eigenvalue weighted by Crippen LogP contribution is 2.28. The van der Waals surface area contributed by atoms with E-state index in [4.69, 9.17) is 0 Å². The lowest BCUT2D eigenvalue weighted by Crippen LogP contribution is -2.36. The topological polar surface area (TPSA) is 73.5 Å². The van der Waals surface area contributed by atoms with Crippen molar-refractivity contribution in [2.75, 3.05) is 31.5 Å². The van der Waals surface area contributed by atoms with Crippen LogP contribution in [0, 0.1) is 11.8 Å². The molecular weight excluding hydrogens is 352 g/mol. The molecular formula is C19H29ClN4O2. The molecule has 26 heavy (non-hydrogen) atoms. The van der Waals surface area contributed by atoms with E-state index in [1.165, 1.54) is 0 Å². The molecule has 0 bridgehead atoms. The van der Waals surface area contributed by atoms with Crippen LogP contribution in [0.25, 0.3) is 0 Å². The van der Waals surface area contributed by atoms with E-state index in [2.05, 4.69) is 16.0 Å². The fourth-order valence-corrected chi connectivity index (χ4v) is 3.79. The number of benzene rings is 1. The van der Waals surface area contributed by atoms with E-state index in [0.717, 1.165) is 39.0 Å². The number of rotatable bonds is 3. The summed E-state index contributed by atoms with van der Waals surface area (Å²) in [7, 11) is 0. The van der Waals surface area contributed by atoms with Crippen molar-refractivity contribution in [2.45, 2.75) is 32.7 Å². The molecule has 2 aliphatic heterocycles. The lowest BCUT2D eigenvalue weighted by molar-refractivity contribution is 0.0759. The molecule has 3 N–H and O–H groups in total. The van der Waals surface area contributed by atoms with Gasteiger partial charge in [0.15, 0.2) is 0 Å². The summed E-state index contributed by atoms with van der Waals surface area (Å²) in [5.74, 6) is 1.37. The average Bonchev–Trinajstić information content (AvgIpc) is 2.92. The minimum absolute atomic E-state index is 0. The molecule has 1 aromatic rings. The third-order valence-electron chi connectivity index (χ3n) is 5.13. The normalized spacial score (nSPS) is 22.2. The van der Waals surface area contributed by atoms with Gasteiger partial charge in [0.25, 0.3) is 5.91 Å². The Labute approximate surface area is 161 Å². The molecule has 2 heterocycles. The smallest absolute Gasteiger partial charge is 0.319 e. The Morgan fingerprint density at radius 3 is 2.35 bits per heavy atom. The standard InChI is InChI=1S/C19H28N4O2.ClH/c1-13(2)21-19(25)22-17-6-4-3-5-16(17)18(24)23-9-7-14-11-20-12-15(14)8-10-23;/h3-6,13-15,20H,7-12H2,1-2H3,(H2,21,22,25);1H/t14-,15+;. The molecule has 144 valence electrons. The van der Waals surface area contributed by atoms with Gasteiger partial charge in [-0.15, -0.1) is 12.4 Å². The predicted octanol–water partition coefficient (Wildman–Crippen LogP) is 2.71. The lowest BCUT2D eigenvalue weighted by Gasteiger charge is -2.22. The molecule has 0 aliphatic carbocycles. The van der Waals surface area contributed by atoms with Gasteiger partial charge in [-0.25, -0.2) is 4.79 Å². The minimum atomic E-state index is -0.285. The second-order valence-electron chi connectivity index (χ2n) is 7.35. The van der Waals surface area contributed by atoms with Crippen LogP contribution in [-0.4, -0.2) is 49.1 Å². The Balaban J connectivity index is 0.00000243. The zero-order chi connectivity index (χ0) is 17.8. The van der Waals surface area contributed by atoms with Gasteiger partial charge in [-0.2, -0.15) is 0 Å². The van der Waals surface area contributed by atoms with Gasteiger partial charge in [0.2, 0.25) is 0 Å². The van der Waals surface area contributed by atoms with Crippen LogP contribution in [0.1, 0.15) is 37.0 Å². The van der Waals surface area contributed by atoms with Crippen molar-refractivity contribution in [2.24, 2.45) is 11.8 Å². The molecule has 2 fully saturated rings. The first-order valence-corrected chi connectivity index (χ1v) is 9.21. The number of hydrogen-bond acceptors (Lipinski definition) is 3. The van der Waals surface area contributed by atoms with Crippen molar-refractivity contribution in [1.29, 1.82) is 0 Å². The Hall–Kier alpha value is -1.79. The van der Waals surface area contributed by atoms with Crippen LogP contribution in [-0.2, 0) is 0 Å². The van der Waals surface area contributed by atoms with Crippen LogP contribution in [0.2, 0.25) is 0 Å². The second kappa shape index (κ2) is 9.24. The van der Waals surface area contributed by atoms with Gasteiger partial charge in [0.1, 0.15) is 0 Å². The number of likely N-dealkylation sites (tertiary alicyclic amines) is 1. The van der Waals surface area contributed by atoms with Crippen LogP contribution in [0.4, 0.5) is 10.5 Å². The van der Waals surface area contributed by atoms with Crippen molar-refractivity contribution >= 4 is 30.0 Å². The van der Waals surface area contributed by atoms with Crippen molar-refractivity contribution in [3.8, 4) is 0 Å². The Bertz CT molecular complexity index is 624. The number of halogens is 1. The van der Waals surface area contributed by atoms with E-state index in [-0.39, 0.29) is 30.4 Å². The molecule has 0 aromatic heterocycles. The first kappa shape index (κ1) is 20.5. The molecule has 3 amide bonds. The summed E-state index contributed by atoms with van der Waals surface area (Å²) in [6.45, 7) is 7.52. The van der Waals surface area contributed by atoms with Crippen LogP contribution in [0.15, 0.2) is 24.3 Å². The van der Waals surface area contributed by atoms with E-state index in [0.29, 0.717) is 23.1 Å². The summed E-state index contributed by atoms with van der Waals surface area (Å²) >= 11 is 0. The van der Waals surface area contributed by atoms with Crippen molar-refractivity contribution in [1.82, 2.24) is 15.5 Å². The highest BCUT2D eigenvalue weighted by Gasteiger charge is 2.32. The number of para-hydroxylation sites is 1. The molecule has 2 atom stereocenters. The fourth-order valence-electron chi connectivity index (χ4n) is 3.79. The Kier molecular flexibility index (Phi) is 7.29. The van der Waals surface area contributed by atoms with Gasteiger partial charge in [-0.1, -0.05) is 12.1 Å². The monoisotopic (exact) mass is 380 g/mol. The minimum Gasteiger partial charge on any atom is -0.339 e. The van der Waals surface area contributed by atoms with Crippen LogP contribution in [0.5, 0.6) is 0 Å². The quantitative estimate of drug-likeness (QED) is 0.754. The summed E-state index contributed by atoms with van der Waals surface area (Å²) in [6, 6.07) is 7.01. The highest BCUT2D eigenvalue weighted by atomic mass is 35.5. The SMILES string of the molecule is CC(C)NC(=O)Nc1ccccc1C(=O)N1CC[C@@H]2CNC[C@@H]2CC1.Cl. The number of urea groups is 1. The summed E-state index contributed by atoms with van der Waals surface area (Å²) in [5, 5.41) is 9.06. The van der Waals surface area contributed by atoms with E-state index >= 15 is 0 Å². The zero-order valence-corrected chi connectivity index (χ0v) is 16.3. The van der Waals surface area contributed by atoms with Gasteiger partial charge in [-0.3, -0.25) is 4.79 Å². The van der Waals surface area contributed by atoms with Gasteiger partial charge in [0, 0.05) is 19.1 Å². The van der Waals surface area contributed by atoms with Gasteiger partial charge in [-0.05, 0) is 63.7 Å². The molecule has 0 radical (unpaired) electrons.